The van der Waals surface area contributed by atoms with Crippen molar-refractivity contribution in [1.29, 1.82) is 0 Å². The molecule has 144 valence electrons. The summed E-state index contributed by atoms with van der Waals surface area (Å²) in [5.41, 5.74) is 2.80. The van der Waals surface area contributed by atoms with Crippen LogP contribution in [-0.2, 0) is 16.1 Å². The minimum absolute atomic E-state index is 0.101. The number of benzene rings is 2. The van der Waals surface area contributed by atoms with Crippen molar-refractivity contribution in [2.24, 2.45) is 11.8 Å². The van der Waals surface area contributed by atoms with Crippen LogP contribution >= 0.6 is 0 Å². The summed E-state index contributed by atoms with van der Waals surface area (Å²) >= 11 is 0. The van der Waals surface area contributed by atoms with E-state index >= 15 is 0 Å². The Labute approximate surface area is 169 Å². The summed E-state index contributed by atoms with van der Waals surface area (Å²) in [7, 11) is 0. The number of anilines is 1. The summed E-state index contributed by atoms with van der Waals surface area (Å²) in [6.45, 7) is 1.26. The first-order chi connectivity index (χ1) is 14.2. The van der Waals surface area contributed by atoms with E-state index in [4.69, 9.17) is 0 Å². The van der Waals surface area contributed by atoms with Gasteiger partial charge in [0.1, 0.15) is 0 Å². The minimum Gasteiger partial charge on any atom is -0.290 e. The van der Waals surface area contributed by atoms with Gasteiger partial charge in [-0.2, -0.15) is 0 Å². The smallest absolute Gasteiger partial charge is 0.239 e. The van der Waals surface area contributed by atoms with Gasteiger partial charge in [0.15, 0.2) is 0 Å². The van der Waals surface area contributed by atoms with Gasteiger partial charge in [0.2, 0.25) is 11.8 Å². The SMILES string of the molecule is O=C1[C@@H]2[C@@H](CN(Cc3ccccc3)[C@H]2c2cccnc2)C(=O)N1c1ccccc1. The van der Waals surface area contributed by atoms with Gasteiger partial charge >= 0.3 is 0 Å². The van der Waals surface area contributed by atoms with Gasteiger partial charge in [0, 0.05) is 31.5 Å². The molecule has 2 amide bonds. The molecule has 0 aliphatic carbocycles. The molecule has 0 unspecified atom stereocenters. The van der Waals surface area contributed by atoms with Gasteiger partial charge in [-0.05, 0) is 29.3 Å². The summed E-state index contributed by atoms with van der Waals surface area (Å²) < 4.78 is 0. The molecule has 3 aromatic rings. The molecular weight excluding hydrogens is 362 g/mol. The molecule has 5 heteroatoms. The van der Waals surface area contributed by atoms with Crippen molar-refractivity contribution in [1.82, 2.24) is 9.88 Å². The Morgan fingerprint density at radius 2 is 1.59 bits per heavy atom. The fourth-order valence-corrected chi connectivity index (χ4v) is 4.67. The predicted molar refractivity (Wildman–Crippen MR) is 110 cm³/mol. The topological polar surface area (TPSA) is 53.5 Å². The number of likely N-dealkylation sites (tertiary alicyclic amines) is 1. The molecule has 5 rings (SSSR count). The Kier molecular flexibility index (Phi) is 4.45. The molecule has 29 heavy (non-hydrogen) atoms. The van der Waals surface area contributed by atoms with Crippen molar-refractivity contribution < 1.29 is 9.59 Å². The summed E-state index contributed by atoms with van der Waals surface area (Å²) in [5, 5.41) is 0. The number of rotatable bonds is 4. The maximum atomic E-state index is 13.4. The largest absolute Gasteiger partial charge is 0.290 e. The Morgan fingerprint density at radius 3 is 2.28 bits per heavy atom. The lowest BCUT2D eigenvalue weighted by atomic mass is 9.89. The van der Waals surface area contributed by atoms with E-state index in [0.717, 1.165) is 5.56 Å². The Bertz CT molecular complexity index is 1020. The van der Waals surface area contributed by atoms with Crippen LogP contribution < -0.4 is 4.90 Å². The summed E-state index contributed by atoms with van der Waals surface area (Å²) in [4.78, 5) is 34.6. The normalized spacial score (nSPS) is 24.1. The summed E-state index contributed by atoms with van der Waals surface area (Å²) in [5.74, 6) is -0.946. The Balaban J connectivity index is 1.52. The van der Waals surface area contributed by atoms with Crippen molar-refractivity contribution in [3.8, 4) is 0 Å². The molecule has 0 bridgehead atoms. The van der Waals surface area contributed by atoms with E-state index in [1.807, 2.05) is 66.9 Å². The van der Waals surface area contributed by atoms with Crippen LogP contribution in [0.1, 0.15) is 17.2 Å². The first-order valence-corrected chi connectivity index (χ1v) is 9.85. The van der Waals surface area contributed by atoms with E-state index in [1.165, 1.54) is 10.5 Å². The molecule has 0 N–H and O–H groups in total. The fourth-order valence-electron chi connectivity index (χ4n) is 4.67. The number of imide groups is 1. The quantitative estimate of drug-likeness (QED) is 0.648. The molecular formula is C24H21N3O2. The average molecular weight is 383 g/mol. The minimum atomic E-state index is -0.393. The van der Waals surface area contributed by atoms with Crippen LogP contribution in [0.15, 0.2) is 85.2 Å². The number of nitrogens with zero attached hydrogens (tertiary/aromatic N) is 3. The molecule has 2 aliphatic heterocycles. The zero-order chi connectivity index (χ0) is 19.8. The highest BCUT2D eigenvalue weighted by atomic mass is 16.2. The van der Waals surface area contributed by atoms with E-state index < -0.39 is 5.92 Å². The van der Waals surface area contributed by atoms with E-state index in [1.54, 1.807) is 6.20 Å². The van der Waals surface area contributed by atoms with Gasteiger partial charge in [0.25, 0.3) is 0 Å². The molecule has 0 saturated carbocycles. The lowest BCUT2D eigenvalue weighted by Gasteiger charge is -2.28. The third kappa shape index (κ3) is 3.04. The summed E-state index contributed by atoms with van der Waals surface area (Å²) in [6.07, 6.45) is 3.54. The third-order valence-electron chi connectivity index (χ3n) is 5.91. The van der Waals surface area contributed by atoms with Crippen molar-refractivity contribution in [2.45, 2.75) is 12.6 Å². The number of amides is 2. The van der Waals surface area contributed by atoms with Crippen molar-refractivity contribution in [3.05, 3.63) is 96.3 Å². The zero-order valence-corrected chi connectivity index (χ0v) is 15.9. The van der Waals surface area contributed by atoms with Crippen LogP contribution in [0.2, 0.25) is 0 Å². The number of hydrogen-bond acceptors (Lipinski definition) is 4. The van der Waals surface area contributed by atoms with Crippen molar-refractivity contribution in [2.75, 3.05) is 11.4 Å². The van der Waals surface area contributed by atoms with Crippen molar-refractivity contribution >= 4 is 17.5 Å². The second-order valence-electron chi connectivity index (χ2n) is 7.63. The van der Waals surface area contributed by atoms with E-state index in [-0.39, 0.29) is 23.8 Å². The van der Waals surface area contributed by atoms with Crippen LogP contribution in [0.25, 0.3) is 0 Å². The van der Waals surface area contributed by atoms with Gasteiger partial charge < -0.3 is 0 Å². The highest BCUT2D eigenvalue weighted by Gasteiger charge is 2.58. The second-order valence-corrected chi connectivity index (χ2v) is 7.63. The van der Waals surface area contributed by atoms with Gasteiger partial charge in [-0.15, -0.1) is 0 Å². The first-order valence-electron chi connectivity index (χ1n) is 9.85. The van der Waals surface area contributed by atoms with Gasteiger partial charge in [-0.25, -0.2) is 4.90 Å². The van der Waals surface area contributed by atoms with Crippen LogP contribution in [-0.4, -0.2) is 28.2 Å². The molecule has 1 aromatic heterocycles. The molecule has 5 nitrogen and oxygen atoms in total. The standard InChI is InChI=1S/C24H21N3O2/c28-23-20-16-26(15-17-8-3-1-4-9-17)22(18-10-7-13-25-14-18)21(20)24(29)27(23)19-11-5-2-6-12-19/h1-14,20-22H,15-16H2/t20-,21-,22+/m1/s1. The number of hydrogen-bond donors (Lipinski definition) is 0. The lowest BCUT2D eigenvalue weighted by molar-refractivity contribution is -0.123. The maximum Gasteiger partial charge on any atom is 0.239 e. The average Bonchev–Trinajstić information content (AvgIpc) is 3.25. The predicted octanol–water partition coefficient (Wildman–Crippen LogP) is 3.44. The summed E-state index contributed by atoms with van der Waals surface area (Å²) in [6, 6.07) is 23.1. The molecule has 0 spiro atoms. The Morgan fingerprint density at radius 1 is 0.862 bits per heavy atom. The van der Waals surface area contributed by atoms with Crippen LogP contribution in [0.4, 0.5) is 5.69 Å². The second kappa shape index (κ2) is 7.26. The monoisotopic (exact) mass is 383 g/mol. The fraction of sp³-hybridized carbons (Fsp3) is 0.208. The van der Waals surface area contributed by atoms with E-state index in [2.05, 4.69) is 22.0 Å². The van der Waals surface area contributed by atoms with Gasteiger partial charge in [-0.1, -0.05) is 54.6 Å². The first kappa shape index (κ1) is 17.8. The van der Waals surface area contributed by atoms with E-state index in [0.29, 0.717) is 18.8 Å². The molecule has 0 radical (unpaired) electrons. The third-order valence-corrected chi connectivity index (χ3v) is 5.91. The number of para-hydroxylation sites is 1. The molecule has 2 aliphatic rings. The highest BCUT2D eigenvalue weighted by Crippen LogP contribution is 2.47. The van der Waals surface area contributed by atoms with Crippen molar-refractivity contribution in [3.63, 3.8) is 0 Å². The number of pyridine rings is 1. The van der Waals surface area contributed by atoms with E-state index in [9.17, 15) is 9.59 Å². The lowest BCUT2D eigenvalue weighted by Crippen LogP contribution is -2.37. The Hall–Kier alpha value is -3.31. The number of aromatic nitrogens is 1. The number of fused-ring (bicyclic) bond motifs is 1. The maximum absolute atomic E-state index is 13.4. The molecule has 3 heterocycles. The van der Waals surface area contributed by atoms with Crippen LogP contribution in [0, 0.1) is 11.8 Å². The van der Waals surface area contributed by atoms with Crippen LogP contribution in [0.3, 0.4) is 0 Å². The number of carbonyl (C=O) groups excluding carboxylic acids is 2. The molecule has 2 saturated heterocycles. The molecule has 2 fully saturated rings. The van der Waals surface area contributed by atoms with Crippen LogP contribution in [0.5, 0.6) is 0 Å². The molecule has 3 atom stereocenters. The van der Waals surface area contributed by atoms with Gasteiger partial charge in [-0.3, -0.25) is 19.5 Å². The van der Waals surface area contributed by atoms with Gasteiger partial charge in [0.05, 0.1) is 17.5 Å². The zero-order valence-electron chi connectivity index (χ0n) is 15.9. The number of carbonyl (C=O) groups is 2. The molecule has 2 aromatic carbocycles. The highest BCUT2D eigenvalue weighted by molar-refractivity contribution is 6.22.